The lowest BCUT2D eigenvalue weighted by Crippen LogP contribution is -2.28. The predicted octanol–water partition coefficient (Wildman–Crippen LogP) is 2.72. The fourth-order valence-electron chi connectivity index (χ4n) is 2.28. The van der Waals surface area contributed by atoms with Crippen molar-refractivity contribution in [2.24, 2.45) is 0 Å². The van der Waals surface area contributed by atoms with Gasteiger partial charge < -0.3 is 15.4 Å². The maximum absolute atomic E-state index is 12.0. The first-order chi connectivity index (χ1) is 9.17. The van der Waals surface area contributed by atoms with Crippen molar-refractivity contribution >= 4 is 39.6 Å². The molecule has 19 heavy (non-hydrogen) atoms. The molecule has 1 heterocycles. The lowest BCUT2D eigenvalue weighted by molar-refractivity contribution is 0.0601. The van der Waals surface area contributed by atoms with E-state index in [0.717, 1.165) is 36.4 Å². The number of thiocarbonyl (C=S) groups is 1. The van der Waals surface area contributed by atoms with Gasteiger partial charge in [-0.1, -0.05) is 0 Å². The molecule has 0 radical (unpaired) electrons. The molecule has 1 aromatic heterocycles. The number of esters is 1. The molecule has 4 nitrogen and oxygen atoms in total. The molecule has 0 bridgehead atoms. The van der Waals surface area contributed by atoms with Crippen LogP contribution in [-0.4, -0.2) is 24.7 Å². The van der Waals surface area contributed by atoms with Gasteiger partial charge in [-0.3, -0.25) is 0 Å². The van der Waals surface area contributed by atoms with Crippen LogP contribution in [0.4, 0.5) is 5.00 Å². The molecule has 0 aliphatic heterocycles. The summed E-state index contributed by atoms with van der Waals surface area (Å²) >= 11 is 6.81. The van der Waals surface area contributed by atoms with Crippen molar-refractivity contribution in [1.29, 1.82) is 0 Å². The van der Waals surface area contributed by atoms with Gasteiger partial charge in [0.15, 0.2) is 5.11 Å². The second-order valence-electron chi connectivity index (χ2n) is 4.39. The van der Waals surface area contributed by atoms with E-state index in [9.17, 15) is 4.79 Å². The van der Waals surface area contributed by atoms with Gasteiger partial charge >= 0.3 is 5.97 Å². The number of hydrogen-bond donors (Lipinski definition) is 2. The molecule has 0 saturated carbocycles. The average molecular weight is 298 g/mol. The molecule has 0 spiro atoms. The molecule has 1 aromatic rings. The fraction of sp³-hybridized carbons (Fsp3) is 0.538. The molecule has 1 aliphatic carbocycles. The minimum absolute atomic E-state index is 0.277. The zero-order valence-electron chi connectivity index (χ0n) is 11.2. The maximum Gasteiger partial charge on any atom is 0.341 e. The Balaban J connectivity index is 2.33. The van der Waals surface area contributed by atoms with Crippen LogP contribution in [0.3, 0.4) is 0 Å². The molecule has 6 heteroatoms. The van der Waals surface area contributed by atoms with Gasteiger partial charge in [0, 0.05) is 11.4 Å². The Morgan fingerprint density at radius 2 is 2.16 bits per heavy atom. The van der Waals surface area contributed by atoms with Crippen molar-refractivity contribution in [2.45, 2.75) is 32.6 Å². The van der Waals surface area contributed by atoms with Crippen LogP contribution in [0, 0.1) is 0 Å². The van der Waals surface area contributed by atoms with E-state index < -0.39 is 0 Å². The van der Waals surface area contributed by atoms with E-state index in [1.807, 2.05) is 6.92 Å². The second kappa shape index (κ2) is 6.34. The van der Waals surface area contributed by atoms with E-state index in [0.29, 0.717) is 10.7 Å². The van der Waals surface area contributed by atoms with Crippen molar-refractivity contribution in [2.75, 3.05) is 19.0 Å². The largest absolute Gasteiger partial charge is 0.465 e. The number of ether oxygens (including phenoxy) is 1. The van der Waals surface area contributed by atoms with Crippen molar-refractivity contribution < 1.29 is 9.53 Å². The molecular formula is C13H18N2O2S2. The van der Waals surface area contributed by atoms with E-state index in [-0.39, 0.29) is 5.97 Å². The number of carbonyl (C=O) groups excluding carboxylic acids is 1. The highest BCUT2D eigenvalue weighted by atomic mass is 32.1. The Morgan fingerprint density at radius 3 is 2.84 bits per heavy atom. The molecule has 2 N–H and O–H groups in total. The van der Waals surface area contributed by atoms with Crippen molar-refractivity contribution in [3.63, 3.8) is 0 Å². The molecule has 0 fully saturated rings. The number of carbonyl (C=O) groups is 1. The van der Waals surface area contributed by atoms with Crippen LogP contribution >= 0.6 is 23.6 Å². The minimum Gasteiger partial charge on any atom is -0.465 e. The van der Waals surface area contributed by atoms with Crippen LogP contribution < -0.4 is 10.6 Å². The Morgan fingerprint density at radius 1 is 1.42 bits per heavy atom. The van der Waals surface area contributed by atoms with Crippen LogP contribution in [0.15, 0.2) is 0 Å². The Kier molecular flexibility index (Phi) is 4.76. The Bertz CT molecular complexity index is 497. The first kappa shape index (κ1) is 14.3. The van der Waals surface area contributed by atoms with Gasteiger partial charge in [-0.2, -0.15) is 0 Å². The highest BCUT2D eigenvalue weighted by Crippen LogP contribution is 2.38. The number of rotatable bonds is 3. The highest BCUT2D eigenvalue weighted by Gasteiger charge is 2.26. The average Bonchev–Trinajstić information content (AvgIpc) is 2.75. The lowest BCUT2D eigenvalue weighted by atomic mass is 9.95. The predicted molar refractivity (Wildman–Crippen MR) is 82.2 cm³/mol. The van der Waals surface area contributed by atoms with E-state index in [1.54, 1.807) is 11.3 Å². The van der Waals surface area contributed by atoms with Crippen LogP contribution in [0.2, 0.25) is 0 Å². The first-order valence-electron chi connectivity index (χ1n) is 6.45. The van der Waals surface area contributed by atoms with Crippen LogP contribution in [0.25, 0.3) is 0 Å². The number of fused-ring (bicyclic) bond motifs is 1. The van der Waals surface area contributed by atoms with E-state index in [1.165, 1.54) is 18.4 Å². The summed E-state index contributed by atoms with van der Waals surface area (Å²) in [7, 11) is 1.42. The van der Waals surface area contributed by atoms with Gasteiger partial charge in [-0.05, 0) is 50.4 Å². The lowest BCUT2D eigenvalue weighted by Gasteiger charge is -2.12. The van der Waals surface area contributed by atoms with Gasteiger partial charge in [0.2, 0.25) is 0 Å². The topological polar surface area (TPSA) is 50.4 Å². The number of hydrogen-bond acceptors (Lipinski definition) is 4. The van der Waals surface area contributed by atoms with E-state index in [4.69, 9.17) is 17.0 Å². The third kappa shape index (κ3) is 3.06. The summed E-state index contributed by atoms with van der Waals surface area (Å²) in [6, 6.07) is 0. The summed E-state index contributed by atoms with van der Waals surface area (Å²) in [6.07, 6.45) is 4.31. The zero-order chi connectivity index (χ0) is 13.8. The molecule has 2 rings (SSSR count). The second-order valence-corrected chi connectivity index (χ2v) is 5.90. The first-order valence-corrected chi connectivity index (χ1v) is 7.67. The normalized spacial score (nSPS) is 13.6. The number of anilines is 1. The zero-order valence-corrected chi connectivity index (χ0v) is 12.8. The number of aryl methyl sites for hydroxylation is 1. The van der Waals surface area contributed by atoms with Crippen LogP contribution in [0.5, 0.6) is 0 Å². The van der Waals surface area contributed by atoms with Crippen molar-refractivity contribution in [3.05, 3.63) is 16.0 Å². The molecule has 0 amide bonds. The minimum atomic E-state index is -0.277. The highest BCUT2D eigenvalue weighted by molar-refractivity contribution is 7.80. The number of nitrogens with one attached hydrogen (secondary N) is 2. The van der Waals surface area contributed by atoms with Gasteiger partial charge in [0.1, 0.15) is 5.00 Å². The van der Waals surface area contributed by atoms with Gasteiger partial charge in [-0.25, -0.2) is 4.79 Å². The number of thiophene rings is 1. The summed E-state index contributed by atoms with van der Waals surface area (Å²) in [4.78, 5) is 13.3. The summed E-state index contributed by atoms with van der Waals surface area (Å²) in [5.74, 6) is -0.277. The molecule has 1 aliphatic rings. The third-order valence-corrected chi connectivity index (χ3v) is 4.58. The third-order valence-electron chi connectivity index (χ3n) is 3.13. The summed E-state index contributed by atoms with van der Waals surface area (Å²) in [6.45, 7) is 2.74. The molecule has 0 saturated heterocycles. The van der Waals surface area contributed by atoms with Gasteiger partial charge in [0.05, 0.1) is 12.7 Å². The molecule has 0 atom stereocenters. The van der Waals surface area contributed by atoms with E-state index in [2.05, 4.69) is 10.6 Å². The van der Waals surface area contributed by atoms with Gasteiger partial charge in [0.25, 0.3) is 0 Å². The molecular weight excluding hydrogens is 280 g/mol. The number of methoxy groups -OCH3 is 1. The molecule has 104 valence electrons. The Hall–Kier alpha value is -1.14. The van der Waals surface area contributed by atoms with Gasteiger partial charge in [-0.15, -0.1) is 11.3 Å². The van der Waals surface area contributed by atoms with Crippen LogP contribution in [-0.2, 0) is 17.6 Å². The summed E-state index contributed by atoms with van der Waals surface area (Å²) < 4.78 is 4.91. The van der Waals surface area contributed by atoms with Crippen LogP contribution in [0.1, 0.15) is 40.6 Å². The standard InChI is InChI=1S/C13H18N2O2S2/c1-3-14-13(18)15-11-10(12(16)17-2)8-6-4-5-7-9(8)19-11/h3-7H2,1-2H3,(H2,14,15,18). The molecule has 0 unspecified atom stereocenters. The van der Waals surface area contributed by atoms with E-state index >= 15 is 0 Å². The fourth-order valence-corrected chi connectivity index (χ4v) is 3.87. The maximum atomic E-state index is 12.0. The molecule has 0 aromatic carbocycles. The van der Waals surface area contributed by atoms with Crippen molar-refractivity contribution in [3.8, 4) is 0 Å². The smallest absolute Gasteiger partial charge is 0.341 e. The van der Waals surface area contributed by atoms with Crippen molar-refractivity contribution in [1.82, 2.24) is 5.32 Å². The summed E-state index contributed by atoms with van der Waals surface area (Å²) in [5.41, 5.74) is 1.81. The SMILES string of the molecule is CCNC(=S)Nc1sc2c(c1C(=O)OC)CCCC2. The quantitative estimate of drug-likeness (QED) is 0.664. The monoisotopic (exact) mass is 298 g/mol. The Labute approximate surface area is 122 Å². The summed E-state index contributed by atoms with van der Waals surface area (Å²) in [5, 5.41) is 7.51.